The van der Waals surface area contributed by atoms with Crippen LogP contribution in [0.3, 0.4) is 0 Å². The summed E-state index contributed by atoms with van der Waals surface area (Å²) < 4.78 is 6.31. The molecule has 1 spiro atoms. The number of ether oxygens (including phenoxy) is 1. The second-order valence-electron chi connectivity index (χ2n) is 9.57. The van der Waals surface area contributed by atoms with Crippen LogP contribution >= 0.6 is 0 Å². The molecule has 3 heteroatoms. The van der Waals surface area contributed by atoms with Crippen LogP contribution in [0.1, 0.15) is 49.3 Å². The summed E-state index contributed by atoms with van der Waals surface area (Å²) in [7, 11) is 0. The molecule has 3 nitrogen and oxygen atoms in total. The lowest BCUT2D eigenvalue weighted by Crippen LogP contribution is -2.36. The molecule has 0 amide bonds. The van der Waals surface area contributed by atoms with E-state index in [2.05, 4.69) is 78.6 Å². The van der Waals surface area contributed by atoms with Crippen molar-refractivity contribution in [2.75, 3.05) is 18.0 Å². The van der Waals surface area contributed by atoms with Crippen LogP contribution in [0.2, 0.25) is 0 Å². The van der Waals surface area contributed by atoms with Gasteiger partial charge in [-0.15, -0.1) is 0 Å². The van der Waals surface area contributed by atoms with Crippen LogP contribution in [0.15, 0.2) is 66.7 Å². The van der Waals surface area contributed by atoms with E-state index in [9.17, 15) is 0 Å². The van der Waals surface area contributed by atoms with E-state index in [1.54, 1.807) is 0 Å². The molecule has 1 heterocycles. The predicted molar refractivity (Wildman–Crippen MR) is 133 cm³/mol. The molecular weight excluding hydrogens is 392 g/mol. The number of anilines is 1. The van der Waals surface area contributed by atoms with Gasteiger partial charge < -0.3 is 15.4 Å². The summed E-state index contributed by atoms with van der Waals surface area (Å²) in [6.07, 6.45) is 6.45. The van der Waals surface area contributed by atoms with Gasteiger partial charge in [0.1, 0.15) is 12.4 Å². The SMILES string of the molecule is CCc1ccccc1OCc1cc(-c2cccc(CN)c2)cc(N2CCCC3(CC3)C2)c1. The van der Waals surface area contributed by atoms with Crippen LogP contribution in [-0.4, -0.2) is 13.1 Å². The largest absolute Gasteiger partial charge is 0.489 e. The number of piperidine rings is 1. The van der Waals surface area contributed by atoms with Crippen LogP contribution in [0.25, 0.3) is 11.1 Å². The maximum Gasteiger partial charge on any atom is 0.122 e. The third-order valence-electron chi connectivity index (χ3n) is 7.21. The average Bonchev–Trinajstić information content (AvgIpc) is 3.60. The van der Waals surface area contributed by atoms with E-state index in [0.29, 0.717) is 18.6 Å². The summed E-state index contributed by atoms with van der Waals surface area (Å²) in [6.45, 7) is 5.65. The van der Waals surface area contributed by atoms with Gasteiger partial charge in [-0.05, 0) is 95.7 Å². The Balaban J connectivity index is 1.47. The first-order chi connectivity index (χ1) is 15.7. The maximum atomic E-state index is 6.31. The molecule has 32 heavy (non-hydrogen) atoms. The van der Waals surface area contributed by atoms with E-state index in [1.807, 2.05) is 0 Å². The van der Waals surface area contributed by atoms with E-state index < -0.39 is 0 Å². The van der Waals surface area contributed by atoms with E-state index >= 15 is 0 Å². The van der Waals surface area contributed by atoms with Crippen molar-refractivity contribution >= 4 is 5.69 Å². The monoisotopic (exact) mass is 426 g/mol. The van der Waals surface area contributed by atoms with Gasteiger partial charge in [-0.25, -0.2) is 0 Å². The van der Waals surface area contributed by atoms with Crippen LogP contribution < -0.4 is 15.4 Å². The molecule has 2 fully saturated rings. The van der Waals surface area contributed by atoms with Crippen LogP contribution in [-0.2, 0) is 19.6 Å². The normalized spacial score (nSPS) is 16.9. The highest BCUT2D eigenvalue weighted by atomic mass is 16.5. The Morgan fingerprint density at radius 2 is 1.75 bits per heavy atom. The number of hydrogen-bond acceptors (Lipinski definition) is 3. The first-order valence-corrected chi connectivity index (χ1v) is 12.1. The minimum Gasteiger partial charge on any atom is -0.489 e. The van der Waals surface area contributed by atoms with E-state index in [1.165, 1.54) is 60.2 Å². The number of nitrogens with zero attached hydrogens (tertiary/aromatic N) is 1. The Morgan fingerprint density at radius 1 is 0.906 bits per heavy atom. The average molecular weight is 427 g/mol. The summed E-state index contributed by atoms with van der Waals surface area (Å²) in [5, 5.41) is 0. The third kappa shape index (κ3) is 4.54. The molecule has 1 saturated heterocycles. The van der Waals surface area contributed by atoms with Crippen molar-refractivity contribution in [3.8, 4) is 16.9 Å². The van der Waals surface area contributed by atoms with Crippen LogP contribution in [0.4, 0.5) is 5.69 Å². The van der Waals surface area contributed by atoms with Crippen molar-refractivity contribution in [2.45, 2.75) is 52.2 Å². The lowest BCUT2D eigenvalue weighted by atomic mass is 9.93. The van der Waals surface area contributed by atoms with E-state index in [-0.39, 0.29) is 0 Å². The molecule has 1 aliphatic carbocycles. The zero-order valence-electron chi connectivity index (χ0n) is 19.1. The molecule has 1 aliphatic heterocycles. The zero-order valence-corrected chi connectivity index (χ0v) is 19.1. The van der Waals surface area contributed by atoms with Gasteiger partial charge in [-0.2, -0.15) is 0 Å². The standard InChI is InChI=1S/C29H34N2O/c1-2-24-8-3-4-10-28(24)32-20-23-16-26(25-9-5-7-22(15-25)19-30)18-27(17-23)31-14-6-11-29(21-31)12-13-29/h3-5,7-10,15-18H,2,6,11-14,19-21,30H2,1H3. The summed E-state index contributed by atoms with van der Waals surface area (Å²) in [5.74, 6) is 0.988. The second-order valence-corrected chi connectivity index (χ2v) is 9.57. The fraction of sp³-hybridized carbons (Fsp3) is 0.379. The van der Waals surface area contributed by atoms with Crippen molar-refractivity contribution in [3.05, 3.63) is 83.4 Å². The number of hydrogen-bond donors (Lipinski definition) is 1. The number of para-hydroxylation sites is 1. The van der Waals surface area contributed by atoms with Crippen molar-refractivity contribution in [3.63, 3.8) is 0 Å². The Hall–Kier alpha value is -2.78. The van der Waals surface area contributed by atoms with Crippen molar-refractivity contribution in [2.24, 2.45) is 11.1 Å². The number of nitrogens with two attached hydrogens (primary N) is 1. The highest BCUT2D eigenvalue weighted by molar-refractivity contribution is 5.70. The van der Waals surface area contributed by atoms with Gasteiger partial charge in [0.2, 0.25) is 0 Å². The van der Waals surface area contributed by atoms with Crippen LogP contribution in [0.5, 0.6) is 5.75 Å². The van der Waals surface area contributed by atoms with Crippen LogP contribution in [0, 0.1) is 5.41 Å². The number of aryl methyl sites for hydroxylation is 1. The van der Waals surface area contributed by atoms with Crippen molar-refractivity contribution in [1.29, 1.82) is 0 Å². The molecule has 0 radical (unpaired) electrons. The molecule has 0 aromatic heterocycles. The third-order valence-corrected chi connectivity index (χ3v) is 7.21. The lowest BCUT2D eigenvalue weighted by Gasteiger charge is -2.35. The van der Waals surface area contributed by atoms with Crippen molar-refractivity contribution in [1.82, 2.24) is 0 Å². The topological polar surface area (TPSA) is 38.5 Å². The molecule has 0 atom stereocenters. The van der Waals surface area contributed by atoms with Gasteiger partial charge in [0.05, 0.1) is 0 Å². The molecule has 5 rings (SSSR count). The predicted octanol–water partition coefficient (Wildman–Crippen LogP) is 6.33. The first-order valence-electron chi connectivity index (χ1n) is 12.1. The van der Waals surface area contributed by atoms with E-state index in [4.69, 9.17) is 10.5 Å². The Labute approximate surface area is 192 Å². The molecule has 3 aromatic carbocycles. The van der Waals surface area contributed by atoms with Gasteiger partial charge in [-0.1, -0.05) is 43.3 Å². The quantitative estimate of drug-likeness (QED) is 0.479. The van der Waals surface area contributed by atoms with Gasteiger partial charge in [-0.3, -0.25) is 0 Å². The van der Waals surface area contributed by atoms with Gasteiger partial charge in [0.15, 0.2) is 0 Å². The minimum atomic E-state index is 0.561. The maximum absolute atomic E-state index is 6.31. The second kappa shape index (κ2) is 8.99. The molecule has 0 bridgehead atoms. The molecule has 3 aromatic rings. The molecular formula is C29H34N2O. The molecule has 166 valence electrons. The minimum absolute atomic E-state index is 0.561. The fourth-order valence-corrected chi connectivity index (χ4v) is 5.10. The lowest BCUT2D eigenvalue weighted by molar-refractivity contribution is 0.303. The Kier molecular flexibility index (Phi) is 5.93. The highest BCUT2D eigenvalue weighted by Crippen LogP contribution is 2.52. The first kappa shape index (κ1) is 21.1. The molecule has 2 N–H and O–H groups in total. The zero-order chi connectivity index (χ0) is 22.0. The smallest absolute Gasteiger partial charge is 0.122 e. The summed E-state index contributed by atoms with van der Waals surface area (Å²) in [6, 6.07) is 24.0. The van der Waals surface area contributed by atoms with Gasteiger partial charge in [0, 0.05) is 25.3 Å². The van der Waals surface area contributed by atoms with Gasteiger partial charge in [0.25, 0.3) is 0 Å². The Bertz CT molecular complexity index is 1090. The summed E-state index contributed by atoms with van der Waals surface area (Å²) >= 11 is 0. The van der Waals surface area contributed by atoms with Crippen molar-refractivity contribution < 1.29 is 4.74 Å². The summed E-state index contributed by atoms with van der Waals surface area (Å²) in [4.78, 5) is 2.61. The van der Waals surface area contributed by atoms with Gasteiger partial charge >= 0.3 is 0 Å². The molecule has 1 saturated carbocycles. The summed E-state index contributed by atoms with van der Waals surface area (Å²) in [5.41, 5.74) is 13.9. The number of rotatable bonds is 7. The van der Waals surface area contributed by atoms with E-state index in [0.717, 1.165) is 24.3 Å². The Morgan fingerprint density at radius 3 is 2.56 bits per heavy atom. The molecule has 2 aliphatic rings. The molecule has 0 unspecified atom stereocenters. The highest BCUT2D eigenvalue weighted by Gasteiger charge is 2.45. The number of benzene rings is 3. The fourth-order valence-electron chi connectivity index (χ4n) is 5.10.